The highest BCUT2D eigenvalue weighted by molar-refractivity contribution is 7.10. The fourth-order valence-corrected chi connectivity index (χ4v) is 2.40. The summed E-state index contributed by atoms with van der Waals surface area (Å²) < 4.78 is 0. The number of nitrogens with one attached hydrogen (secondary N) is 1. The zero-order valence-corrected chi connectivity index (χ0v) is 10.8. The molecular formula is C14H15NOS. The smallest absolute Gasteiger partial charge is 0.235 e. The Balaban J connectivity index is 2.16. The number of benzene rings is 1. The maximum absolute atomic E-state index is 12.2. The van der Waals surface area contributed by atoms with Gasteiger partial charge in [-0.1, -0.05) is 24.3 Å². The van der Waals surface area contributed by atoms with Crippen molar-refractivity contribution in [1.82, 2.24) is 0 Å². The number of anilines is 1. The van der Waals surface area contributed by atoms with E-state index in [0.717, 1.165) is 10.6 Å². The van der Waals surface area contributed by atoms with E-state index in [1.807, 2.05) is 61.7 Å². The number of rotatable bonds is 3. The minimum absolute atomic E-state index is 0.0196. The largest absolute Gasteiger partial charge is 0.325 e. The van der Waals surface area contributed by atoms with E-state index >= 15 is 0 Å². The summed E-state index contributed by atoms with van der Waals surface area (Å²) in [6, 6.07) is 13.5. The molecular weight excluding hydrogens is 230 g/mol. The van der Waals surface area contributed by atoms with Crippen LogP contribution in [0, 0.1) is 0 Å². The van der Waals surface area contributed by atoms with Gasteiger partial charge in [0.1, 0.15) is 0 Å². The second-order valence-corrected chi connectivity index (χ2v) is 5.37. The Hall–Kier alpha value is -1.61. The van der Waals surface area contributed by atoms with E-state index in [9.17, 15) is 4.79 Å². The van der Waals surface area contributed by atoms with Gasteiger partial charge in [-0.15, -0.1) is 11.3 Å². The van der Waals surface area contributed by atoms with Gasteiger partial charge >= 0.3 is 0 Å². The van der Waals surface area contributed by atoms with Crippen molar-refractivity contribution in [2.24, 2.45) is 0 Å². The van der Waals surface area contributed by atoms with Gasteiger partial charge in [0.25, 0.3) is 0 Å². The number of amides is 1. The molecule has 2 rings (SSSR count). The first-order chi connectivity index (χ1) is 8.10. The molecule has 0 saturated carbocycles. The molecule has 1 heterocycles. The first-order valence-corrected chi connectivity index (χ1v) is 6.39. The van der Waals surface area contributed by atoms with Crippen LogP contribution in [0.25, 0.3) is 0 Å². The molecule has 1 aromatic carbocycles. The SMILES string of the molecule is CC(C)(C(=O)Nc1ccccc1)c1cccs1. The number of para-hydroxylation sites is 1. The van der Waals surface area contributed by atoms with Gasteiger partial charge in [-0.05, 0) is 37.4 Å². The number of hydrogen-bond donors (Lipinski definition) is 1. The molecule has 0 spiro atoms. The highest BCUT2D eigenvalue weighted by atomic mass is 32.1. The highest BCUT2D eigenvalue weighted by Gasteiger charge is 2.30. The van der Waals surface area contributed by atoms with Gasteiger partial charge < -0.3 is 5.32 Å². The summed E-state index contributed by atoms with van der Waals surface area (Å²) in [4.78, 5) is 13.3. The topological polar surface area (TPSA) is 29.1 Å². The van der Waals surface area contributed by atoms with Gasteiger partial charge in [0.2, 0.25) is 5.91 Å². The maximum atomic E-state index is 12.2. The van der Waals surface area contributed by atoms with Crippen LogP contribution in [-0.2, 0) is 10.2 Å². The van der Waals surface area contributed by atoms with Crippen LogP contribution in [0.15, 0.2) is 47.8 Å². The third-order valence-corrected chi connectivity index (χ3v) is 3.93. The standard InChI is InChI=1S/C14H15NOS/c1-14(2,12-9-6-10-17-12)13(16)15-11-7-4-3-5-8-11/h3-10H,1-2H3,(H,15,16). The van der Waals surface area contributed by atoms with Crippen LogP contribution in [-0.4, -0.2) is 5.91 Å². The highest BCUT2D eigenvalue weighted by Crippen LogP contribution is 2.28. The Labute approximate surface area is 105 Å². The molecule has 17 heavy (non-hydrogen) atoms. The minimum Gasteiger partial charge on any atom is -0.325 e. The predicted octanol–water partition coefficient (Wildman–Crippen LogP) is 3.66. The van der Waals surface area contributed by atoms with Crippen LogP contribution in [0.1, 0.15) is 18.7 Å². The summed E-state index contributed by atoms with van der Waals surface area (Å²) in [5.41, 5.74) is 0.339. The van der Waals surface area contributed by atoms with Crippen molar-refractivity contribution in [3.05, 3.63) is 52.7 Å². The second-order valence-electron chi connectivity index (χ2n) is 4.42. The molecule has 88 valence electrons. The van der Waals surface area contributed by atoms with Crippen molar-refractivity contribution in [3.63, 3.8) is 0 Å². The Kier molecular flexibility index (Phi) is 3.29. The van der Waals surface area contributed by atoms with Crippen molar-refractivity contribution in [1.29, 1.82) is 0 Å². The number of hydrogen-bond acceptors (Lipinski definition) is 2. The molecule has 2 nitrogen and oxygen atoms in total. The van der Waals surface area contributed by atoms with Gasteiger partial charge in [0.15, 0.2) is 0 Å². The zero-order chi connectivity index (χ0) is 12.3. The summed E-state index contributed by atoms with van der Waals surface area (Å²) in [7, 11) is 0. The van der Waals surface area contributed by atoms with Crippen molar-refractivity contribution < 1.29 is 4.79 Å². The van der Waals surface area contributed by atoms with E-state index in [1.165, 1.54) is 0 Å². The van der Waals surface area contributed by atoms with Crippen molar-refractivity contribution >= 4 is 22.9 Å². The third kappa shape index (κ3) is 2.56. The lowest BCUT2D eigenvalue weighted by molar-refractivity contribution is -0.120. The van der Waals surface area contributed by atoms with Crippen LogP contribution in [0.2, 0.25) is 0 Å². The van der Waals surface area contributed by atoms with Gasteiger partial charge in [-0.2, -0.15) is 0 Å². The Bertz CT molecular complexity index is 488. The fourth-order valence-electron chi connectivity index (χ4n) is 1.55. The van der Waals surface area contributed by atoms with E-state index in [0.29, 0.717) is 0 Å². The lowest BCUT2D eigenvalue weighted by atomic mass is 9.90. The van der Waals surface area contributed by atoms with Crippen LogP contribution < -0.4 is 5.32 Å². The lowest BCUT2D eigenvalue weighted by Gasteiger charge is -2.22. The molecule has 0 saturated heterocycles. The minimum atomic E-state index is -0.496. The first-order valence-electron chi connectivity index (χ1n) is 5.51. The molecule has 0 aliphatic heterocycles. The van der Waals surface area contributed by atoms with Crippen LogP contribution in [0.4, 0.5) is 5.69 Å². The second kappa shape index (κ2) is 4.72. The molecule has 0 aliphatic rings. The molecule has 1 aromatic heterocycles. The van der Waals surface area contributed by atoms with E-state index < -0.39 is 5.41 Å². The van der Waals surface area contributed by atoms with E-state index in [1.54, 1.807) is 11.3 Å². The molecule has 0 bridgehead atoms. The normalized spacial score (nSPS) is 11.2. The van der Waals surface area contributed by atoms with Crippen molar-refractivity contribution in [2.45, 2.75) is 19.3 Å². The Morgan fingerprint density at radius 3 is 2.41 bits per heavy atom. The number of carbonyl (C=O) groups excluding carboxylic acids is 1. The van der Waals surface area contributed by atoms with E-state index in [-0.39, 0.29) is 5.91 Å². The summed E-state index contributed by atoms with van der Waals surface area (Å²) in [5, 5.41) is 4.93. The quantitative estimate of drug-likeness (QED) is 0.878. The van der Waals surface area contributed by atoms with Gasteiger partial charge in [0.05, 0.1) is 5.41 Å². The molecule has 0 atom stereocenters. The molecule has 0 aliphatic carbocycles. The van der Waals surface area contributed by atoms with Crippen molar-refractivity contribution in [2.75, 3.05) is 5.32 Å². The summed E-state index contributed by atoms with van der Waals surface area (Å²) >= 11 is 1.61. The predicted molar refractivity (Wildman–Crippen MR) is 72.4 cm³/mol. The molecule has 0 unspecified atom stereocenters. The van der Waals surface area contributed by atoms with E-state index in [4.69, 9.17) is 0 Å². The van der Waals surface area contributed by atoms with Crippen molar-refractivity contribution in [3.8, 4) is 0 Å². The Morgan fingerprint density at radius 2 is 1.82 bits per heavy atom. The summed E-state index contributed by atoms with van der Waals surface area (Å²) in [6.07, 6.45) is 0. The fraction of sp³-hybridized carbons (Fsp3) is 0.214. The third-order valence-electron chi connectivity index (χ3n) is 2.74. The maximum Gasteiger partial charge on any atom is 0.235 e. The van der Waals surface area contributed by atoms with Crippen LogP contribution in [0.3, 0.4) is 0 Å². The molecule has 2 aromatic rings. The monoisotopic (exact) mass is 245 g/mol. The van der Waals surface area contributed by atoms with Crippen LogP contribution >= 0.6 is 11.3 Å². The number of thiophene rings is 1. The zero-order valence-electron chi connectivity index (χ0n) is 9.94. The first kappa shape index (κ1) is 11.9. The Morgan fingerprint density at radius 1 is 1.12 bits per heavy atom. The summed E-state index contributed by atoms with van der Waals surface area (Å²) in [6.45, 7) is 3.88. The number of carbonyl (C=O) groups is 1. The van der Waals surface area contributed by atoms with Gasteiger partial charge in [0, 0.05) is 10.6 Å². The summed E-state index contributed by atoms with van der Waals surface area (Å²) in [5.74, 6) is 0.0196. The molecule has 1 amide bonds. The van der Waals surface area contributed by atoms with Crippen LogP contribution in [0.5, 0.6) is 0 Å². The molecule has 3 heteroatoms. The van der Waals surface area contributed by atoms with Gasteiger partial charge in [-0.25, -0.2) is 0 Å². The molecule has 0 fully saturated rings. The average Bonchev–Trinajstić information content (AvgIpc) is 2.84. The lowest BCUT2D eigenvalue weighted by Crippen LogP contribution is -2.33. The molecule has 0 radical (unpaired) electrons. The average molecular weight is 245 g/mol. The van der Waals surface area contributed by atoms with E-state index in [2.05, 4.69) is 5.32 Å². The van der Waals surface area contributed by atoms with Gasteiger partial charge in [-0.3, -0.25) is 4.79 Å². The molecule has 1 N–H and O–H groups in total.